The Morgan fingerprint density at radius 2 is 2.10 bits per heavy atom. The summed E-state index contributed by atoms with van der Waals surface area (Å²) in [5.41, 5.74) is 5.66. The van der Waals surface area contributed by atoms with Crippen LogP contribution in [0.15, 0.2) is 28.6 Å². The van der Waals surface area contributed by atoms with Gasteiger partial charge in [-0.1, -0.05) is 0 Å². The van der Waals surface area contributed by atoms with Crippen LogP contribution in [-0.2, 0) is 10.0 Å². The molecule has 0 radical (unpaired) electrons. The zero-order chi connectivity index (χ0) is 15.8. The number of aromatic nitrogens is 1. The second-order valence-corrected chi connectivity index (χ2v) is 7.68. The molecule has 1 aromatic heterocycles. The second-order valence-electron chi connectivity index (χ2n) is 4.25. The van der Waals surface area contributed by atoms with Gasteiger partial charge in [-0.25, -0.2) is 18.2 Å². The van der Waals surface area contributed by atoms with Gasteiger partial charge in [-0.05, 0) is 25.1 Å². The average molecular weight is 327 g/mol. The predicted octanol–water partition coefficient (Wildman–Crippen LogP) is 1.56. The lowest BCUT2D eigenvalue weighted by Crippen LogP contribution is -2.27. The lowest BCUT2D eigenvalue weighted by Gasteiger charge is -2.20. The maximum absolute atomic E-state index is 12.5. The fraction of sp³-hybridized carbons (Fsp3) is 0.167. The predicted molar refractivity (Wildman–Crippen MR) is 80.3 cm³/mol. The van der Waals surface area contributed by atoms with Crippen LogP contribution in [0.25, 0.3) is 0 Å². The Balaban J connectivity index is 2.54. The summed E-state index contributed by atoms with van der Waals surface area (Å²) in [6, 6.07) is 4.04. The fourth-order valence-electron chi connectivity index (χ4n) is 1.73. The monoisotopic (exact) mass is 327 g/mol. The van der Waals surface area contributed by atoms with Gasteiger partial charge in [0.1, 0.15) is 0 Å². The van der Waals surface area contributed by atoms with E-state index in [-0.39, 0.29) is 21.1 Å². The molecule has 112 valence electrons. The molecule has 0 saturated heterocycles. The number of aromatic carboxylic acids is 1. The lowest BCUT2D eigenvalue weighted by molar-refractivity contribution is 0.0698. The van der Waals surface area contributed by atoms with Crippen molar-refractivity contribution in [2.45, 2.75) is 11.1 Å². The van der Waals surface area contributed by atoms with Crippen molar-refractivity contribution in [1.82, 2.24) is 4.98 Å². The highest BCUT2D eigenvalue weighted by Gasteiger charge is 2.27. The highest BCUT2D eigenvalue weighted by molar-refractivity contribution is 7.94. The lowest BCUT2D eigenvalue weighted by atomic mass is 10.1. The molecule has 9 heteroatoms. The summed E-state index contributed by atoms with van der Waals surface area (Å²) in [4.78, 5) is 15.2. The molecular weight excluding hydrogens is 314 g/mol. The molecule has 2 aromatic rings. The van der Waals surface area contributed by atoms with Crippen molar-refractivity contribution in [2.75, 3.05) is 17.1 Å². The molecule has 0 amide bonds. The van der Waals surface area contributed by atoms with Crippen molar-refractivity contribution in [1.29, 1.82) is 0 Å². The van der Waals surface area contributed by atoms with E-state index in [0.29, 0.717) is 5.01 Å². The van der Waals surface area contributed by atoms with Crippen molar-refractivity contribution in [3.05, 3.63) is 35.0 Å². The van der Waals surface area contributed by atoms with E-state index >= 15 is 0 Å². The Bertz CT molecular complexity index is 799. The molecule has 2 rings (SSSR count). The van der Waals surface area contributed by atoms with Gasteiger partial charge in [0.15, 0.2) is 4.21 Å². The number of carbonyl (C=O) groups is 1. The third kappa shape index (κ3) is 2.83. The van der Waals surface area contributed by atoms with Crippen LogP contribution in [0, 0.1) is 6.92 Å². The molecule has 0 spiro atoms. The summed E-state index contributed by atoms with van der Waals surface area (Å²) < 4.78 is 25.9. The molecule has 0 aliphatic carbocycles. The molecule has 0 atom stereocenters. The van der Waals surface area contributed by atoms with Crippen LogP contribution in [0.3, 0.4) is 0 Å². The van der Waals surface area contributed by atoms with Crippen LogP contribution < -0.4 is 10.0 Å². The quantitative estimate of drug-likeness (QED) is 0.824. The van der Waals surface area contributed by atoms with Gasteiger partial charge in [0.2, 0.25) is 0 Å². The topological polar surface area (TPSA) is 114 Å². The van der Waals surface area contributed by atoms with Crippen LogP contribution in [0.5, 0.6) is 0 Å². The van der Waals surface area contributed by atoms with E-state index in [2.05, 4.69) is 4.98 Å². The average Bonchev–Trinajstić information content (AvgIpc) is 2.85. The molecule has 1 aromatic carbocycles. The van der Waals surface area contributed by atoms with E-state index in [1.54, 1.807) is 6.92 Å². The molecule has 0 unspecified atom stereocenters. The first-order chi connectivity index (χ1) is 9.73. The second kappa shape index (κ2) is 5.34. The SMILES string of the molecule is Cc1ncc(S(=O)(=O)N(C)c2ccc(N)cc2C(=O)O)s1. The van der Waals surface area contributed by atoms with Crippen molar-refractivity contribution in [3.63, 3.8) is 0 Å². The number of aryl methyl sites for hydroxylation is 1. The molecule has 21 heavy (non-hydrogen) atoms. The van der Waals surface area contributed by atoms with Gasteiger partial charge in [-0.15, -0.1) is 11.3 Å². The first-order valence-corrected chi connectivity index (χ1v) is 8.03. The standard InChI is InChI=1S/C12H13N3O4S2/c1-7-14-6-11(20-7)21(18,19)15(2)10-4-3-8(13)5-9(10)12(16)17/h3-6H,13H2,1-2H3,(H,16,17). The first kappa shape index (κ1) is 15.3. The maximum atomic E-state index is 12.5. The zero-order valence-electron chi connectivity index (χ0n) is 11.3. The molecule has 0 fully saturated rings. The van der Waals surface area contributed by atoms with Crippen molar-refractivity contribution in [2.24, 2.45) is 0 Å². The summed E-state index contributed by atoms with van der Waals surface area (Å²) in [6.45, 7) is 1.69. The fourth-order valence-corrected chi connectivity index (χ4v) is 4.22. The maximum Gasteiger partial charge on any atom is 0.337 e. The number of hydrogen-bond donors (Lipinski definition) is 2. The van der Waals surface area contributed by atoms with Crippen LogP contribution in [-0.4, -0.2) is 31.5 Å². The highest BCUT2D eigenvalue weighted by atomic mass is 32.2. The number of anilines is 2. The van der Waals surface area contributed by atoms with Crippen LogP contribution >= 0.6 is 11.3 Å². The minimum atomic E-state index is -3.85. The third-order valence-electron chi connectivity index (χ3n) is 2.81. The van der Waals surface area contributed by atoms with Gasteiger partial charge in [0.05, 0.1) is 22.5 Å². The molecule has 0 bridgehead atoms. The number of carboxylic acids is 1. The third-order valence-corrected chi connectivity index (χ3v) is 5.93. The summed E-state index contributed by atoms with van der Waals surface area (Å²) in [5.74, 6) is -1.25. The Morgan fingerprint density at radius 3 is 2.62 bits per heavy atom. The first-order valence-electron chi connectivity index (χ1n) is 5.77. The number of benzene rings is 1. The number of hydrogen-bond acceptors (Lipinski definition) is 6. The number of carboxylic acid groups (broad SMARTS) is 1. The largest absolute Gasteiger partial charge is 0.478 e. The number of nitrogens with zero attached hydrogens (tertiary/aromatic N) is 2. The zero-order valence-corrected chi connectivity index (χ0v) is 12.9. The van der Waals surface area contributed by atoms with Crippen molar-refractivity contribution in [3.8, 4) is 0 Å². The number of thiazole rings is 1. The summed E-state index contributed by atoms with van der Waals surface area (Å²) in [7, 11) is -2.56. The van der Waals surface area contributed by atoms with Gasteiger partial charge in [0.25, 0.3) is 10.0 Å². The van der Waals surface area contributed by atoms with E-state index in [1.165, 1.54) is 31.4 Å². The Morgan fingerprint density at radius 1 is 1.43 bits per heavy atom. The molecule has 1 heterocycles. The summed E-state index contributed by atoms with van der Waals surface area (Å²) in [6.07, 6.45) is 1.25. The minimum absolute atomic E-state index is 0.0442. The molecule has 7 nitrogen and oxygen atoms in total. The van der Waals surface area contributed by atoms with E-state index in [9.17, 15) is 18.3 Å². The Labute approximate surface area is 125 Å². The van der Waals surface area contributed by atoms with Crippen molar-refractivity contribution >= 4 is 38.7 Å². The van der Waals surface area contributed by atoms with Crippen LogP contribution in [0.2, 0.25) is 0 Å². The molecular formula is C12H13N3O4S2. The number of nitrogens with two attached hydrogens (primary N) is 1. The molecule has 0 saturated carbocycles. The summed E-state index contributed by atoms with van der Waals surface area (Å²) in [5, 5.41) is 9.80. The van der Waals surface area contributed by atoms with E-state index in [1.807, 2.05) is 0 Å². The molecule has 3 N–H and O–H groups in total. The van der Waals surface area contributed by atoms with Gasteiger partial charge < -0.3 is 10.8 Å². The van der Waals surface area contributed by atoms with Gasteiger partial charge in [0, 0.05) is 12.7 Å². The normalized spacial score (nSPS) is 11.3. The van der Waals surface area contributed by atoms with Crippen LogP contribution in [0.4, 0.5) is 11.4 Å². The van der Waals surface area contributed by atoms with E-state index in [4.69, 9.17) is 5.73 Å². The number of nitrogen functional groups attached to an aromatic ring is 1. The number of rotatable bonds is 4. The van der Waals surface area contributed by atoms with E-state index in [0.717, 1.165) is 15.6 Å². The Hall–Kier alpha value is -2.13. The van der Waals surface area contributed by atoms with Gasteiger partial charge in [-0.3, -0.25) is 4.31 Å². The molecule has 0 aliphatic heterocycles. The Kier molecular flexibility index (Phi) is 3.88. The van der Waals surface area contributed by atoms with Crippen LogP contribution in [0.1, 0.15) is 15.4 Å². The smallest absolute Gasteiger partial charge is 0.337 e. The van der Waals surface area contributed by atoms with E-state index < -0.39 is 16.0 Å². The molecule has 0 aliphatic rings. The van der Waals surface area contributed by atoms with Gasteiger partial charge in [-0.2, -0.15) is 0 Å². The van der Waals surface area contributed by atoms with Gasteiger partial charge >= 0.3 is 5.97 Å². The van der Waals surface area contributed by atoms with Crippen molar-refractivity contribution < 1.29 is 18.3 Å². The number of sulfonamides is 1. The highest BCUT2D eigenvalue weighted by Crippen LogP contribution is 2.29. The summed E-state index contributed by atoms with van der Waals surface area (Å²) >= 11 is 1.02. The minimum Gasteiger partial charge on any atom is -0.478 e.